The number of carbonyl (C=O) groups is 1. The Balaban J connectivity index is 1.45. The van der Waals surface area contributed by atoms with E-state index in [1.54, 1.807) is 35.1 Å². The molecule has 1 aromatic carbocycles. The zero-order valence-electron chi connectivity index (χ0n) is 24.1. The summed E-state index contributed by atoms with van der Waals surface area (Å²) in [4.78, 5) is 28.7. The van der Waals surface area contributed by atoms with Gasteiger partial charge < -0.3 is 20.4 Å². The van der Waals surface area contributed by atoms with Crippen LogP contribution in [0.4, 0.5) is 11.5 Å². The third kappa shape index (κ3) is 5.04. The molecule has 216 valence electrons. The van der Waals surface area contributed by atoms with Crippen LogP contribution in [0.25, 0.3) is 10.9 Å². The highest BCUT2D eigenvalue weighted by molar-refractivity contribution is 7.89. The molecule has 5 rings (SSSR count). The van der Waals surface area contributed by atoms with E-state index in [0.29, 0.717) is 40.8 Å². The molecule has 40 heavy (non-hydrogen) atoms. The summed E-state index contributed by atoms with van der Waals surface area (Å²) in [6.07, 6.45) is 2.17. The number of pyridine rings is 1. The van der Waals surface area contributed by atoms with E-state index in [9.17, 15) is 18.0 Å². The molecule has 2 aromatic heterocycles. The van der Waals surface area contributed by atoms with Crippen LogP contribution >= 0.6 is 0 Å². The number of H-pyrrole nitrogens is 1. The number of aromatic nitrogens is 3. The average molecular weight is 571 g/mol. The number of fused-ring (bicyclic) bond motifs is 2. The molecule has 2 aliphatic heterocycles. The van der Waals surface area contributed by atoms with Gasteiger partial charge in [0.25, 0.3) is 5.56 Å². The molecule has 0 radical (unpaired) electrons. The largest absolute Gasteiger partial charge is 0.366 e. The SMILES string of the molecule is CC(C)(C)NC(=O)C1CCC(C)(n2nc(Nc3ccc4c(c3)CN(C(C)(C)C)S4(=O)=O)c3c(=O)[nH]ccc32)CO1. The zero-order valence-corrected chi connectivity index (χ0v) is 24.9. The number of carbonyl (C=O) groups excluding carboxylic acids is 1. The summed E-state index contributed by atoms with van der Waals surface area (Å²) in [6.45, 7) is 13.9. The van der Waals surface area contributed by atoms with E-state index in [0.717, 1.165) is 0 Å². The Hall–Kier alpha value is -3.22. The third-order valence-corrected chi connectivity index (χ3v) is 9.61. The van der Waals surface area contributed by atoms with Gasteiger partial charge in [-0.25, -0.2) is 8.42 Å². The number of hydrogen-bond acceptors (Lipinski definition) is 7. The minimum absolute atomic E-state index is 0.137. The first-order chi connectivity index (χ1) is 18.5. The Labute approximate surface area is 234 Å². The van der Waals surface area contributed by atoms with Crippen LogP contribution in [0.1, 0.15) is 66.9 Å². The van der Waals surface area contributed by atoms with Crippen molar-refractivity contribution in [1.29, 1.82) is 0 Å². The Kier molecular flexibility index (Phi) is 6.67. The van der Waals surface area contributed by atoms with E-state index in [2.05, 4.69) is 15.6 Å². The van der Waals surface area contributed by atoms with E-state index in [4.69, 9.17) is 9.84 Å². The van der Waals surface area contributed by atoms with Gasteiger partial charge in [-0.2, -0.15) is 9.40 Å². The Bertz CT molecular complexity index is 1640. The second-order valence-electron chi connectivity index (χ2n) is 13.0. The molecule has 2 unspecified atom stereocenters. The quantitative estimate of drug-likeness (QED) is 0.436. The van der Waals surface area contributed by atoms with Crippen LogP contribution in [0.3, 0.4) is 0 Å². The van der Waals surface area contributed by atoms with E-state index in [1.165, 1.54) is 4.31 Å². The lowest BCUT2D eigenvalue weighted by atomic mass is 9.91. The number of amides is 1. The summed E-state index contributed by atoms with van der Waals surface area (Å²) in [7, 11) is -3.59. The van der Waals surface area contributed by atoms with Gasteiger partial charge in [-0.3, -0.25) is 14.3 Å². The number of nitrogens with one attached hydrogen (secondary N) is 3. The molecule has 4 heterocycles. The molecule has 2 atom stereocenters. The molecule has 11 nitrogen and oxygen atoms in total. The van der Waals surface area contributed by atoms with Gasteiger partial charge in [0.15, 0.2) is 5.82 Å². The summed E-state index contributed by atoms with van der Waals surface area (Å²) in [5, 5.41) is 11.4. The Morgan fingerprint density at radius 2 is 1.90 bits per heavy atom. The summed E-state index contributed by atoms with van der Waals surface area (Å²) in [6, 6.07) is 6.88. The number of ether oxygens (including phenoxy) is 1. The molecule has 12 heteroatoms. The lowest BCUT2D eigenvalue weighted by Crippen LogP contribution is -2.51. The number of hydrogen-bond donors (Lipinski definition) is 3. The van der Waals surface area contributed by atoms with Crippen molar-refractivity contribution in [2.75, 3.05) is 11.9 Å². The molecule has 3 N–H and O–H groups in total. The van der Waals surface area contributed by atoms with E-state index in [1.807, 2.05) is 48.5 Å². The van der Waals surface area contributed by atoms with Crippen LogP contribution in [0.5, 0.6) is 0 Å². The molecule has 1 amide bonds. The van der Waals surface area contributed by atoms with Crippen LogP contribution in [0.15, 0.2) is 40.2 Å². The zero-order chi connectivity index (χ0) is 29.3. The monoisotopic (exact) mass is 570 g/mol. The van der Waals surface area contributed by atoms with Crippen LogP contribution in [0, 0.1) is 0 Å². The predicted octanol–water partition coefficient (Wildman–Crippen LogP) is 3.58. The molecule has 0 spiro atoms. The highest BCUT2D eigenvalue weighted by Crippen LogP contribution is 2.38. The minimum atomic E-state index is -3.59. The van der Waals surface area contributed by atoms with Crippen LogP contribution in [-0.4, -0.2) is 57.2 Å². The Morgan fingerprint density at radius 3 is 2.52 bits per heavy atom. The molecular weight excluding hydrogens is 532 g/mol. The van der Waals surface area contributed by atoms with Crippen molar-refractivity contribution in [1.82, 2.24) is 24.4 Å². The number of rotatable bonds is 4. The van der Waals surface area contributed by atoms with E-state index >= 15 is 0 Å². The topological polar surface area (TPSA) is 138 Å². The third-order valence-electron chi connectivity index (χ3n) is 7.40. The summed E-state index contributed by atoms with van der Waals surface area (Å²) < 4.78 is 35.5. The fourth-order valence-electron chi connectivity index (χ4n) is 5.40. The fourth-order valence-corrected chi connectivity index (χ4v) is 7.37. The molecule has 0 bridgehead atoms. The van der Waals surface area contributed by atoms with Crippen molar-refractivity contribution in [3.8, 4) is 0 Å². The van der Waals surface area contributed by atoms with Gasteiger partial charge in [0, 0.05) is 29.5 Å². The van der Waals surface area contributed by atoms with Crippen LogP contribution in [-0.2, 0) is 31.6 Å². The number of benzene rings is 1. The van der Waals surface area contributed by atoms with Gasteiger partial charge in [-0.15, -0.1) is 0 Å². The minimum Gasteiger partial charge on any atom is -0.366 e. The first kappa shape index (κ1) is 28.3. The van der Waals surface area contributed by atoms with Gasteiger partial charge >= 0.3 is 0 Å². The maximum Gasteiger partial charge on any atom is 0.261 e. The highest BCUT2D eigenvalue weighted by atomic mass is 32.2. The lowest BCUT2D eigenvalue weighted by Gasteiger charge is -2.38. The first-order valence-electron chi connectivity index (χ1n) is 13.5. The van der Waals surface area contributed by atoms with E-state index < -0.39 is 27.2 Å². The molecule has 3 aromatic rings. The average Bonchev–Trinajstić information content (AvgIpc) is 3.34. The number of sulfonamides is 1. The maximum absolute atomic E-state index is 13.1. The van der Waals surface area contributed by atoms with Crippen LogP contribution in [0.2, 0.25) is 0 Å². The van der Waals surface area contributed by atoms with Gasteiger partial charge in [0.05, 0.1) is 22.6 Å². The molecule has 2 aliphatic rings. The Morgan fingerprint density at radius 1 is 1.18 bits per heavy atom. The highest BCUT2D eigenvalue weighted by Gasteiger charge is 2.42. The fraction of sp³-hybridized carbons (Fsp3) is 0.536. The number of nitrogens with zero attached hydrogens (tertiary/aromatic N) is 3. The smallest absolute Gasteiger partial charge is 0.261 e. The molecule has 1 saturated heterocycles. The molecule has 0 aliphatic carbocycles. The molecular formula is C28H38N6O5S. The normalized spacial score (nSPS) is 23.2. The van der Waals surface area contributed by atoms with Crippen molar-refractivity contribution in [3.63, 3.8) is 0 Å². The van der Waals surface area contributed by atoms with Gasteiger partial charge in [0.2, 0.25) is 15.9 Å². The van der Waals surface area contributed by atoms with Crippen molar-refractivity contribution in [3.05, 3.63) is 46.4 Å². The van der Waals surface area contributed by atoms with E-state index in [-0.39, 0.29) is 35.1 Å². The summed E-state index contributed by atoms with van der Waals surface area (Å²) >= 11 is 0. The molecule has 0 saturated carbocycles. The predicted molar refractivity (Wildman–Crippen MR) is 153 cm³/mol. The first-order valence-corrected chi connectivity index (χ1v) is 14.9. The summed E-state index contributed by atoms with van der Waals surface area (Å²) in [5.74, 6) is 0.224. The van der Waals surface area contributed by atoms with Crippen molar-refractivity contribution >= 4 is 38.3 Å². The second-order valence-corrected chi connectivity index (χ2v) is 14.9. The summed E-state index contributed by atoms with van der Waals surface area (Å²) in [5.41, 5.74) is 0.150. The van der Waals surface area contributed by atoms with Crippen LogP contribution < -0.4 is 16.2 Å². The van der Waals surface area contributed by atoms with Crippen molar-refractivity contribution in [2.24, 2.45) is 0 Å². The van der Waals surface area contributed by atoms with Gasteiger partial charge in [-0.05, 0) is 91.1 Å². The van der Waals surface area contributed by atoms with Crippen molar-refractivity contribution in [2.45, 2.75) is 95.5 Å². The number of anilines is 2. The van der Waals surface area contributed by atoms with Gasteiger partial charge in [-0.1, -0.05) is 0 Å². The van der Waals surface area contributed by atoms with Crippen molar-refractivity contribution < 1.29 is 17.9 Å². The molecule has 1 fully saturated rings. The number of aromatic amines is 1. The second kappa shape index (κ2) is 9.42. The maximum atomic E-state index is 13.1. The standard InChI is InChI=1S/C28H38N6O5S/c1-26(2,3)31-24(35)20-10-12-28(7,16-39-20)34-19-11-13-29-25(36)22(19)23(32-34)30-18-8-9-21-17(14-18)15-33(27(4,5)6)40(21,37)38/h8-9,11,13-14,20H,10,12,15-16H2,1-7H3,(H,29,36)(H,30,32)(H,31,35). The van der Waals surface area contributed by atoms with Gasteiger partial charge in [0.1, 0.15) is 11.5 Å². The lowest BCUT2D eigenvalue weighted by molar-refractivity contribution is -0.142.